The molecule has 0 aromatic heterocycles. The quantitative estimate of drug-likeness (QED) is 0.694. The molecule has 4 rings (SSSR count). The Morgan fingerprint density at radius 2 is 1.81 bits per heavy atom. The molecule has 2 aliphatic rings. The van der Waals surface area contributed by atoms with Crippen LogP contribution in [0.15, 0.2) is 42.5 Å². The van der Waals surface area contributed by atoms with E-state index < -0.39 is 10.0 Å². The molecule has 0 atom stereocenters. The van der Waals surface area contributed by atoms with Crippen LogP contribution in [0.25, 0.3) is 0 Å². The Hall–Kier alpha value is -1.92. The number of nitrogens with zero attached hydrogens (tertiary/aromatic N) is 1. The fourth-order valence-corrected chi connectivity index (χ4v) is 4.97. The van der Waals surface area contributed by atoms with Gasteiger partial charge in [-0.15, -0.1) is 0 Å². The van der Waals surface area contributed by atoms with Crippen LogP contribution in [-0.2, 0) is 29.4 Å². The molecule has 2 aromatic rings. The normalized spacial score (nSPS) is 16.4. The molecule has 4 nitrogen and oxygen atoms in total. The molecule has 1 fully saturated rings. The zero-order valence-electron chi connectivity index (χ0n) is 15.2. The van der Waals surface area contributed by atoms with Crippen LogP contribution < -0.4 is 4.74 Å². The molecule has 0 saturated heterocycles. The zero-order chi connectivity index (χ0) is 18.9. The summed E-state index contributed by atoms with van der Waals surface area (Å²) in [6.45, 7) is 1.55. The lowest BCUT2D eigenvalue weighted by atomic mass is 10.1. The van der Waals surface area contributed by atoms with E-state index in [-0.39, 0.29) is 11.6 Å². The molecule has 0 N–H and O–H groups in total. The summed E-state index contributed by atoms with van der Waals surface area (Å²) < 4.78 is 46.2. The van der Waals surface area contributed by atoms with Crippen LogP contribution in [0.4, 0.5) is 4.39 Å². The number of hydrogen-bond donors (Lipinski definition) is 0. The van der Waals surface area contributed by atoms with Crippen molar-refractivity contribution in [3.05, 3.63) is 65.0 Å². The molecular weight excluding hydrogens is 365 g/mol. The molecule has 0 spiro atoms. The molecule has 1 saturated carbocycles. The van der Waals surface area contributed by atoms with Crippen LogP contribution in [0.3, 0.4) is 0 Å². The van der Waals surface area contributed by atoms with E-state index in [1.54, 1.807) is 16.4 Å². The molecule has 27 heavy (non-hydrogen) atoms. The van der Waals surface area contributed by atoms with Gasteiger partial charge in [0.2, 0.25) is 10.0 Å². The van der Waals surface area contributed by atoms with Gasteiger partial charge in [-0.3, -0.25) is 0 Å². The molecule has 0 radical (unpaired) electrons. The number of hydrogen-bond acceptors (Lipinski definition) is 3. The molecule has 1 aliphatic carbocycles. The third kappa shape index (κ3) is 4.68. The first-order chi connectivity index (χ1) is 13.0. The van der Waals surface area contributed by atoms with Crippen molar-refractivity contribution in [3.63, 3.8) is 0 Å². The van der Waals surface area contributed by atoms with Gasteiger partial charge in [0, 0.05) is 19.5 Å². The Kier molecular flexibility index (Phi) is 5.19. The Morgan fingerprint density at radius 1 is 1.07 bits per heavy atom. The summed E-state index contributed by atoms with van der Waals surface area (Å²) >= 11 is 0. The van der Waals surface area contributed by atoms with Crippen molar-refractivity contribution in [1.29, 1.82) is 0 Å². The number of fused-ring (bicyclic) bond motifs is 1. The van der Waals surface area contributed by atoms with E-state index in [1.807, 2.05) is 12.1 Å². The SMILES string of the molecule is O=S(=O)(CCc1ccc2c(c1)CCO2)N(Cc1ccc(F)cc1)CC1CC1. The van der Waals surface area contributed by atoms with E-state index in [0.29, 0.717) is 32.0 Å². The second-order valence-electron chi connectivity index (χ2n) is 7.47. The second kappa shape index (κ2) is 7.60. The standard InChI is InChI=1S/C21H24FNO3S/c22-20-6-3-18(4-7-20)15-23(14-17-1-2-17)27(24,25)12-10-16-5-8-21-19(13-16)9-11-26-21/h3-8,13,17H,1-2,9-12,14-15H2. The monoisotopic (exact) mass is 389 g/mol. The van der Waals surface area contributed by atoms with Gasteiger partial charge in [-0.1, -0.05) is 24.3 Å². The Morgan fingerprint density at radius 3 is 2.56 bits per heavy atom. The van der Waals surface area contributed by atoms with Crippen LogP contribution in [0.1, 0.15) is 29.5 Å². The number of halogens is 1. The minimum atomic E-state index is -3.39. The average molecular weight is 389 g/mol. The van der Waals surface area contributed by atoms with Gasteiger partial charge in [-0.2, -0.15) is 4.31 Å². The highest BCUT2D eigenvalue weighted by molar-refractivity contribution is 7.89. The fourth-order valence-electron chi connectivity index (χ4n) is 3.43. The largest absolute Gasteiger partial charge is 0.493 e. The van der Waals surface area contributed by atoms with Crippen molar-refractivity contribution >= 4 is 10.0 Å². The summed E-state index contributed by atoms with van der Waals surface area (Å²) in [7, 11) is -3.39. The van der Waals surface area contributed by atoms with E-state index in [9.17, 15) is 12.8 Å². The van der Waals surface area contributed by atoms with E-state index in [2.05, 4.69) is 6.07 Å². The molecule has 1 aliphatic heterocycles. The number of rotatable bonds is 8. The van der Waals surface area contributed by atoms with Gasteiger partial charge in [0.25, 0.3) is 0 Å². The number of benzene rings is 2. The van der Waals surface area contributed by atoms with Crippen molar-refractivity contribution in [3.8, 4) is 5.75 Å². The average Bonchev–Trinajstić information content (AvgIpc) is 3.35. The van der Waals surface area contributed by atoms with Gasteiger partial charge < -0.3 is 4.74 Å². The molecule has 1 heterocycles. The lowest BCUT2D eigenvalue weighted by molar-refractivity contribution is 0.357. The van der Waals surface area contributed by atoms with Gasteiger partial charge in [-0.25, -0.2) is 12.8 Å². The van der Waals surface area contributed by atoms with Crippen LogP contribution in [-0.4, -0.2) is 31.6 Å². The fraction of sp³-hybridized carbons (Fsp3) is 0.429. The Bertz CT molecular complexity index is 908. The summed E-state index contributed by atoms with van der Waals surface area (Å²) in [5, 5.41) is 0. The first-order valence-electron chi connectivity index (χ1n) is 9.46. The maximum absolute atomic E-state index is 13.1. The van der Waals surface area contributed by atoms with Gasteiger partial charge in [0.15, 0.2) is 0 Å². The lowest BCUT2D eigenvalue weighted by Crippen LogP contribution is -2.35. The van der Waals surface area contributed by atoms with Crippen molar-refractivity contribution < 1.29 is 17.5 Å². The van der Waals surface area contributed by atoms with Crippen molar-refractivity contribution in [2.24, 2.45) is 5.92 Å². The smallest absolute Gasteiger partial charge is 0.214 e. The van der Waals surface area contributed by atoms with Gasteiger partial charge in [0.05, 0.1) is 12.4 Å². The van der Waals surface area contributed by atoms with Crippen LogP contribution in [0, 0.1) is 11.7 Å². The van der Waals surface area contributed by atoms with E-state index in [1.165, 1.54) is 12.1 Å². The Balaban J connectivity index is 1.45. The van der Waals surface area contributed by atoms with E-state index in [0.717, 1.165) is 41.7 Å². The van der Waals surface area contributed by atoms with E-state index in [4.69, 9.17) is 4.74 Å². The predicted octanol–water partition coefficient (Wildman–Crippen LogP) is 3.55. The van der Waals surface area contributed by atoms with Crippen LogP contribution >= 0.6 is 0 Å². The van der Waals surface area contributed by atoms with Gasteiger partial charge in [-0.05, 0) is 60.1 Å². The number of sulfonamides is 1. The molecule has 2 aromatic carbocycles. The highest BCUT2D eigenvalue weighted by atomic mass is 32.2. The lowest BCUT2D eigenvalue weighted by Gasteiger charge is -2.22. The molecular formula is C21H24FNO3S. The second-order valence-corrected chi connectivity index (χ2v) is 9.56. The minimum Gasteiger partial charge on any atom is -0.493 e. The topological polar surface area (TPSA) is 46.6 Å². The summed E-state index contributed by atoms with van der Waals surface area (Å²) in [6, 6.07) is 12.0. The summed E-state index contributed by atoms with van der Waals surface area (Å²) in [5.74, 6) is 1.14. The Labute approximate surface area is 160 Å². The molecule has 6 heteroatoms. The highest BCUT2D eigenvalue weighted by Gasteiger charge is 2.30. The van der Waals surface area contributed by atoms with E-state index >= 15 is 0 Å². The highest BCUT2D eigenvalue weighted by Crippen LogP contribution is 2.31. The third-order valence-electron chi connectivity index (χ3n) is 5.23. The van der Waals surface area contributed by atoms with Crippen LogP contribution in [0.5, 0.6) is 5.75 Å². The number of aryl methyl sites for hydroxylation is 1. The summed E-state index contributed by atoms with van der Waals surface area (Å²) in [4.78, 5) is 0. The summed E-state index contributed by atoms with van der Waals surface area (Å²) in [6.07, 6.45) is 3.54. The first-order valence-corrected chi connectivity index (χ1v) is 11.1. The van der Waals surface area contributed by atoms with Gasteiger partial charge in [0.1, 0.15) is 11.6 Å². The predicted molar refractivity (Wildman–Crippen MR) is 103 cm³/mol. The molecule has 0 unspecified atom stereocenters. The minimum absolute atomic E-state index is 0.0839. The summed E-state index contributed by atoms with van der Waals surface area (Å²) in [5.41, 5.74) is 3.00. The number of ether oxygens (including phenoxy) is 1. The zero-order valence-corrected chi connectivity index (χ0v) is 16.1. The molecule has 0 amide bonds. The van der Waals surface area contributed by atoms with Crippen molar-refractivity contribution in [2.45, 2.75) is 32.2 Å². The van der Waals surface area contributed by atoms with Gasteiger partial charge >= 0.3 is 0 Å². The maximum Gasteiger partial charge on any atom is 0.214 e. The maximum atomic E-state index is 13.1. The van der Waals surface area contributed by atoms with Crippen molar-refractivity contribution in [2.75, 3.05) is 18.9 Å². The van der Waals surface area contributed by atoms with Crippen LogP contribution in [0.2, 0.25) is 0 Å². The molecule has 0 bridgehead atoms. The third-order valence-corrected chi connectivity index (χ3v) is 7.01. The van der Waals surface area contributed by atoms with Crippen molar-refractivity contribution in [1.82, 2.24) is 4.31 Å². The first kappa shape index (κ1) is 18.4. The molecule has 144 valence electrons.